The molecule has 0 atom stereocenters. The van der Waals surface area contributed by atoms with Gasteiger partial charge in [0, 0.05) is 10.9 Å². The lowest BCUT2D eigenvalue weighted by atomic mass is 10.2. The highest BCUT2D eigenvalue weighted by atomic mass is 19.1. The molecule has 0 aliphatic heterocycles. The number of anilines is 1. The average molecular weight is 272 g/mol. The van der Waals surface area contributed by atoms with Gasteiger partial charge in [-0.2, -0.15) is 0 Å². The number of benzene rings is 2. The minimum atomic E-state index is -0.511. The maximum Gasteiger partial charge on any atom is 0.272 e. The molecule has 0 saturated heterocycles. The van der Waals surface area contributed by atoms with Crippen molar-refractivity contribution < 1.29 is 13.6 Å². The molecule has 0 bridgehead atoms. The van der Waals surface area contributed by atoms with Crippen LogP contribution in [0.25, 0.3) is 10.9 Å². The number of carbonyl (C=O) groups excluding carboxylic acids is 1. The van der Waals surface area contributed by atoms with E-state index < -0.39 is 11.7 Å². The van der Waals surface area contributed by atoms with Gasteiger partial charge in [0.25, 0.3) is 5.91 Å². The molecule has 20 heavy (non-hydrogen) atoms. The Kier molecular flexibility index (Phi) is 2.95. The zero-order valence-electron chi connectivity index (χ0n) is 10.3. The molecule has 1 amide bonds. The molecule has 0 fully saturated rings. The van der Waals surface area contributed by atoms with Gasteiger partial charge in [-0.05, 0) is 36.4 Å². The molecular formula is C15H10F2N2O. The van der Waals surface area contributed by atoms with E-state index in [0.29, 0.717) is 10.9 Å². The normalized spacial score (nSPS) is 10.7. The smallest absolute Gasteiger partial charge is 0.272 e. The number of rotatable bonds is 2. The Labute approximate surface area is 113 Å². The summed E-state index contributed by atoms with van der Waals surface area (Å²) in [5.41, 5.74) is 0.987. The second-order valence-electron chi connectivity index (χ2n) is 4.35. The van der Waals surface area contributed by atoms with Crippen LogP contribution in [0.4, 0.5) is 14.5 Å². The van der Waals surface area contributed by atoms with Gasteiger partial charge in [-0.25, -0.2) is 8.78 Å². The molecule has 3 aromatic rings. The first-order chi connectivity index (χ1) is 9.63. The van der Waals surface area contributed by atoms with Crippen LogP contribution in [0.1, 0.15) is 10.5 Å². The zero-order chi connectivity index (χ0) is 14.1. The number of aromatic amines is 1. The Balaban J connectivity index is 1.91. The van der Waals surface area contributed by atoms with Crippen molar-refractivity contribution >= 4 is 22.5 Å². The predicted molar refractivity (Wildman–Crippen MR) is 72.6 cm³/mol. The first kappa shape index (κ1) is 12.3. The van der Waals surface area contributed by atoms with E-state index in [1.165, 1.54) is 36.4 Å². The van der Waals surface area contributed by atoms with Gasteiger partial charge in [-0.3, -0.25) is 4.79 Å². The highest BCUT2D eigenvalue weighted by molar-refractivity contribution is 6.05. The summed E-state index contributed by atoms with van der Waals surface area (Å²) in [6.45, 7) is 0. The molecule has 1 aromatic heterocycles. The Morgan fingerprint density at radius 2 is 1.85 bits per heavy atom. The van der Waals surface area contributed by atoms with Crippen molar-refractivity contribution in [2.24, 2.45) is 0 Å². The van der Waals surface area contributed by atoms with E-state index in [1.807, 2.05) is 0 Å². The van der Waals surface area contributed by atoms with Crippen molar-refractivity contribution in [3.63, 3.8) is 0 Å². The van der Waals surface area contributed by atoms with Crippen LogP contribution in [0.5, 0.6) is 0 Å². The van der Waals surface area contributed by atoms with Crippen LogP contribution >= 0.6 is 0 Å². The van der Waals surface area contributed by atoms with Crippen LogP contribution in [0.3, 0.4) is 0 Å². The average Bonchev–Trinajstić information content (AvgIpc) is 2.84. The summed E-state index contributed by atoms with van der Waals surface area (Å²) in [6, 6.07) is 11.6. The number of hydrogen-bond acceptors (Lipinski definition) is 1. The Hall–Kier alpha value is -2.69. The summed E-state index contributed by atoms with van der Waals surface area (Å²) < 4.78 is 26.5. The molecule has 3 nitrogen and oxygen atoms in total. The van der Waals surface area contributed by atoms with E-state index in [0.717, 1.165) is 0 Å². The fourth-order valence-corrected chi connectivity index (χ4v) is 1.98. The number of aromatic nitrogens is 1. The number of hydrogen-bond donors (Lipinski definition) is 2. The first-order valence-corrected chi connectivity index (χ1v) is 5.97. The lowest BCUT2D eigenvalue weighted by molar-refractivity contribution is 0.102. The SMILES string of the molecule is O=C(Nc1ccccc1F)c1cc2cc(F)ccc2[nH]1. The third-order valence-electron chi connectivity index (χ3n) is 2.95. The van der Waals surface area contributed by atoms with Crippen molar-refractivity contribution in [1.29, 1.82) is 0 Å². The van der Waals surface area contributed by atoms with Crippen LogP contribution in [-0.4, -0.2) is 10.9 Å². The van der Waals surface area contributed by atoms with Crippen LogP contribution in [0.2, 0.25) is 0 Å². The number of halogens is 2. The maximum absolute atomic E-state index is 13.4. The van der Waals surface area contributed by atoms with Crippen molar-refractivity contribution in [2.75, 3.05) is 5.32 Å². The van der Waals surface area contributed by atoms with E-state index >= 15 is 0 Å². The summed E-state index contributed by atoms with van der Waals surface area (Å²) in [4.78, 5) is 14.9. The van der Waals surface area contributed by atoms with Gasteiger partial charge in [0.15, 0.2) is 0 Å². The molecule has 100 valence electrons. The number of fused-ring (bicyclic) bond motifs is 1. The third-order valence-corrected chi connectivity index (χ3v) is 2.95. The fourth-order valence-electron chi connectivity index (χ4n) is 1.98. The molecule has 1 heterocycles. The summed E-state index contributed by atoms with van der Waals surface area (Å²) in [7, 11) is 0. The van der Waals surface area contributed by atoms with Gasteiger partial charge in [-0.15, -0.1) is 0 Å². The molecule has 0 aliphatic carbocycles. The Morgan fingerprint density at radius 3 is 2.65 bits per heavy atom. The van der Waals surface area contributed by atoms with E-state index in [9.17, 15) is 13.6 Å². The largest absolute Gasteiger partial charge is 0.351 e. The second-order valence-corrected chi connectivity index (χ2v) is 4.35. The number of H-pyrrole nitrogens is 1. The summed E-state index contributed by atoms with van der Waals surface area (Å²) in [5, 5.41) is 3.05. The highest BCUT2D eigenvalue weighted by Crippen LogP contribution is 2.18. The zero-order valence-corrected chi connectivity index (χ0v) is 10.3. The van der Waals surface area contributed by atoms with Gasteiger partial charge in [-0.1, -0.05) is 12.1 Å². The maximum atomic E-state index is 13.4. The second kappa shape index (κ2) is 4.77. The Bertz CT molecular complexity index is 795. The van der Waals surface area contributed by atoms with Crippen molar-refractivity contribution in [1.82, 2.24) is 4.98 Å². The van der Waals surface area contributed by atoms with E-state index in [4.69, 9.17) is 0 Å². The lowest BCUT2D eigenvalue weighted by Crippen LogP contribution is -2.13. The quantitative estimate of drug-likeness (QED) is 0.734. The van der Waals surface area contributed by atoms with Crippen LogP contribution < -0.4 is 5.32 Å². The molecule has 2 aromatic carbocycles. The molecule has 0 unspecified atom stereocenters. The molecule has 0 aliphatic rings. The third kappa shape index (κ3) is 2.25. The first-order valence-electron chi connectivity index (χ1n) is 5.97. The molecular weight excluding hydrogens is 262 g/mol. The van der Waals surface area contributed by atoms with Gasteiger partial charge in [0.1, 0.15) is 17.3 Å². The molecule has 5 heteroatoms. The topological polar surface area (TPSA) is 44.9 Å². The Morgan fingerprint density at radius 1 is 1.05 bits per heavy atom. The predicted octanol–water partition coefficient (Wildman–Crippen LogP) is 3.70. The number of para-hydroxylation sites is 1. The molecule has 0 spiro atoms. The lowest BCUT2D eigenvalue weighted by Gasteiger charge is -2.04. The van der Waals surface area contributed by atoms with Crippen molar-refractivity contribution in [2.45, 2.75) is 0 Å². The molecule has 0 radical (unpaired) electrons. The summed E-state index contributed by atoms with van der Waals surface area (Å²) in [6.07, 6.45) is 0. The van der Waals surface area contributed by atoms with Gasteiger partial charge in [0.05, 0.1) is 5.69 Å². The van der Waals surface area contributed by atoms with E-state index in [2.05, 4.69) is 10.3 Å². The van der Waals surface area contributed by atoms with Gasteiger partial charge in [0.2, 0.25) is 0 Å². The molecule has 0 saturated carbocycles. The van der Waals surface area contributed by atoms with Crippen LogP contribution in [-0.2, 0) is 0 Å². The number of carbonyl (C=O) groups is 1. The summed E-state index contributed by atoms with van der Waals surface area (Å²) >= 11 is 0. The minimum absolute atomic E-state index is 0.0994. The summed E-state index contributed by atoms with van der Waals surface area (Å²) in [5.74, 6) is -1.37. The fraction of sp³-hybridized carbons (Fsp3) is 0. The monoisotopic (exact) mass is 272 g/mol. The van der Waals surface area contributed by atoms with E-state index in [1.54, 1.807) is 12.1 Å². The highest BCUT2D eigenvalue weighted by Gasteiger charge is 2.12. The minimum Gasteiger partial charge on any atom is -0.351 e. The van der Waals surface area contributed by atoms with E-state index in [-0.39, 0.29) is 17.2 Å². The molecule has 3 rings (SSSR count). The van der Waals surface area contributed by atoms with Gasteiger partial charge >= 0.3 is 0 Å². The van der Waals surface area contributed by atoms with Crippen LogP contribution in [0, 0.1) is 11.6 Å². The van der Waals surface area contributed by atoms with Crippen molar-refractivity contribution in [3.05, 3.63) is 65.9 Å². The number of amides is 1. The standard InChI is InChI=1S/C15H10F2N2O/c16-10-5-6-12-9(7-10)8-14(18-12)15(20)19-13-4-2-1-3-11(13)17/h1-8,18H,(H,19,20). The number of nitrogens with one attached hydrogen (secondary N) is 2. The van der Waals surface area contributed by atoms with Crippen LogP contribution in [0.15, 0.2) is 48.5 Å². The van der Waals surface area contributed by atoms with Crippen molar-refractivity contribution in [3.8, 4) is 0 Å². The molecule has 2 N–H and O–H groups in total. The van der Waals surface area contributed by atoms with Gasteiger partial charge < -0.3 is 10.3 Å².